The van der Waals surface area contributed by atoms with E-state index in [2.05, 4.69) is 17.6 Å². The van der Waals surface area contributed by atoms with Crippen molar-refractivity contribution in [1.29, 1.82) is 0 Å². The lowest BCUT2D eigenvalue weighted by molar-refractivity contribution is -0.120. The van der Waals surface area contributed by atoms with Gasteiger partial charge in [0, 0.05) is 25.6 Å². The molecule has 1 amide bonds. The summed E-state index contributed by atoms with van der Waals surface area (Å²) in [4.78, 5) is 10.9. The molecule has 1 aliphatic rings. The molecule has 0 aromatic rings. The Morgan fingerprint density at radius 2 is 2.25 bits per heavy atom. The van der Waals surface area contributed by atoms with Crippen molar-refractivity contribution < 1.29 is 4.79 Å². The molecule has 0 spiro atoms. The van der Waals surface area contributed by atoms with Crippen molar-refractivity contribution >= 4 is 5.91 Å². The van der Waals surface area contributed by atoms with Crippen molar-refractivity contribution in [3.63, 3.8) is 0 Å². The van der Waals surface area contributed by atoms with E-state index in [-0.39, 0.29) is 5.91 Å². The van der Waals surface area contributed by atoms with Crippen LogP contribution in [0.3, 0.4) is 0 Å². The summed E-state index contributed by atoms with van der Waals surface area (Å²) in [5, 5.41) is 6.08. The molecule has 3 nitrogen and oxygen atoms in total. The fraction of sp³-hybridized carbons (Fsp3) is 0.889. The fourth-order valence-electron chi connectivity index (χ4n) is 1.21. The van der Waals surface area contributed by atoms with Gasteiger partial charge in [-0.2, -0.15) is 0 Å². The molecule has 1 aliphatic carbocycles. The molecule has 0 aliphatic heterocycles. The predicted molar refractivity (Wildman–Crippen MR) is 48.9 cm³/mol. The van der Waals surface area contributed by atoms with E-state index < -0.39 is 0 Å². The zero-order chi connectivity index (χ0) is 8.97. The van der Waals surface area contributed by atoms with Crippen LogP contribution in [0.4, 0.5) is 0 Å². The summed E-state index contributed by atoms with van der Waals surface area (Å²) in [7, 11) is 1.68. The van der Waals surface area contributed by atoms with E-state index in [4.69, 9.17) is 0 Å². The monoisotopic (exact) mass is 170 g/mol. The molecule has 0 radical (unpaired) electrons. The first-order valence-corrected chi connectivity index (χ1v) is 4.69. The van der Waals surface area contributed by atoms with Gasteiger partial charge in [0.05, 0.1) is 0 Å². The Morgan fingerprint density at radius 3 is 2.75 bits per heavy atom. The maximum absolute atomic E-state index is 10.9. The summed E-state index contributed by atoms with van der Waals surface area (Å²) >= 11 is 0. The number of hydrogen-bond donors (Lipinski definition) is 2. The van der Waals surface area contributed by atoms with E-state index in [1.807, 2.05) is 0 Å². The molecule has 70 valence electrons. The van der Waals surface area contributed by atoms with Crippen molar-refractivity contribution in [1.82, 2.24) is 10.6 Å². The second-order valence-electron chi connectivity index (χ2n) is 3.55. The summed E-state index contributed by atoms with van der Waals surface area (Å²) in [5.74, 6) is 0.138. The summed E-state index contributed by atoms with van der Waals surface area (Å²) < 4.78 is 0. The number of hydrogen-bond acceptors (Lipinski definition) is 2. The Labute approximate surface area is 73.9 Å². The Bertz CT molecular complexity index is 155. The smallest absolute Gasteiger partial charge is 0.219 e. The highest BCUT2D eigenvalue weighted by Gasteiger charge is 2.22. The molecule has 1 saturated carbocycles. The zero-order valence-electron chi connectivity index (χ0n) is 7.89. The Hall–Kier alpha value is -0.570. The third-order valence-electron chi connectivity index (χ3n) is 2.18. The third kappa shape index (κ3) is 3.72. The van der Waals surface area contributed by atoms with Gasteiger partial charge in [-0.25, -0.2) is 0 Å². The second-order valence-corrected chi connectivity index (χ2v) is 3.55. The number of carbonyl (C=O) groups excluding carboxylic acids is 1. The summed E-state index contributed by atoms with van der Waals surface area (Å²) in [6.07, 6.45) is 4.20. The quantitative estimate of drug-likeness (QED) is 0.636. The summed E-state index contributed by atoms with van der Waals surface area (Å²) in [6.45, 7) is 2.14. The topological polar surface area (TPSA) is 41.1 Å². The normalized spacial score (nSPS) is 18.8. The second kappa shape index (κ2) is 4.45. The lowest BCUT2D eigenvalue weighted by Crippen LogP contribution is -2.29. The maximum atomic E-state index is 10.9. The predicted octanol–water partition coefficient (Wildman–Crippen LogP) is 0.653. The largest absolute Gasteiger partial charge is 0.359 e. The molecular formula is C9H18N2O. The van der Waals surface area contributed by atoms with Crippen LogP contribution in [0.1, 0.15) is 32.6 Å². The van der Waals surface area contributed by atoms with E-state index in [0.717, 1.165) is 12.5 Å². The van der Waals surface area contributed by atoms with Crippen LogP contribution < -0.4 is 10.6 Å². The maximum Gasteiger partial charge on any atom is 0.219 e. The molecule has 0 heterocycles. The van der Waals surface area contributed by atoms with Gasteiger partial charge < -0.3 is 10.6 Å². The molecule has 3 heteroatoms. The van der Waals surface area contributed by atoms with Gasteiger partial charge in [0.25, 0.3) is 0 Å². The number of nitrogens with one attached hydrogen (secondary N) is 2. The molecule has 1 unspecified atom stereocenters. The van der Waals surface area contributed by atoms with Crippen LogP contribution in [0, 0.1) is 0 Å². The van der Waals surface area contributed by atoms with Gasteiger partial charge in [-0.1, -0.05) is 0 Å². The first-order chi connectivity index (χ1) is 5.72. The fourth-order valence-corrected chi connectivity index (χ4v) is 1.21. The number of amides is 1. The highest BCUT2D eigenvalue weighted by molar-refractivity contribution is 5.75. The van der Waals surface area contributed by atoms with Crippen molar-refractivity contribution in [3.05, 3.63) is 0 Å². The molecule has 0 aromatic heterocycles. The van der Waals surface area contributed by atoms with Gasteiger partial charge in [-0.15, -0.1) is 0 Å². The van der Waals surface area contributed by atoms with Crippen LogP contribution in [-0.2, 0) is 4.79 Å². The van der Waals surface area contributed by atoms with E-state index in [1.165, 1.54) is 12.8 Å². The number of carbonyl (C=O) groups is 1. The molecule has 1 fully saturated rings. The molecule has 0 aromatic carbocycles. The zero-order valence-corrected chi connectivity index (χ0v) is 7.89. The molecule has 1 rings (SSSR count). The highest BCUT2D eigenvalue weighted by atomic mass is 16.1. The van der Waals surface area contributed by atoms with Crippen LogP contribution in [-0.4, -0.2) is 25.0 Å². The van der Waals surface area contributed by atoms with Crippen molar-refractivity contribution in [2.75, 3.05) is 7.05 Å². The van der Waals surface area contributed by atoms with E-state index in [9.17, 15) is 4.79 Å². The van der Waals surface area contributed by atoms with Gasteiger partial charge in [-0.05, 0) is 26.2 Å². The summed E-state index contributed by atoms with van der Waals surface area (Å²) in [5.41, 5.74) is 0. The van der Waals surface area contributed by atoms with E-state index in [1.54, 1.807) is 7.05 Å². The van der Waals surface area contributed by atoms with Gasteiger partial charge >= 0.3 is 0 Å². The molecule has 12 heavy (non-hydrogen) atoms. The van der Waals surface area contributed by atoms with Gasteiger partial charge in [0.1, 0.15) is 0 Å². The first-order valence-electron chi connectivity index (χ1n) is 4.69. The van der Waals surface area contributed by atoms with E-state index in [0.29, 0.717) is 12.5 Å². The lowest BCUT2D eigenvalue weighted by Gasteiger charge is -2.11. The highest BCUT2D eigenvalue weighted by Crippen LogP contribution is 2.19. The van der Waals surface area contributed by atoms with Crippen molar-refractivity contribution in [3.8, 4) is 0 Å². The van der Waals surface area contributed by atoms with Crippen molar-refractivity contribution in [2.45, 2.75) is 44.7 Å². The Kier molecular flexibility index (Phi) is 3.53. The molecule has 0 saturated heterocycles. The Morgan fingerprint density at radius 1 is 1.58 bits per heavy atom. The van der Waals surface area contributed by atoms with Crippen LogP contribution in [0.5, 0.6) is 0 Å². The van der Waals surface area contributed by atoms with Gasteiger partial charge in [0.15, 0.2) is 0 Å². The minimum absolute atomic E-state index is 0.138. The average Bonchev–Trinajstić information content (AvgIpc) is 2.84. The summed E-state index contributed by atoms with van der Waals surface area (Å²) in [6, 6.07) is 1.22. The molecule has 0 bridgehead atoms. The minimum atomic E-state index is 0.138. The average molecular weight is 170 g/mol. The SMILES string of the molecule is CNC(=O)CCC(C)NC1CC1. The molecular weight excluding hydrogens is 152 g/mol. The van der Waals surface area contributed by atoms with Gasteiger partial charge in [-0.3, -0.25) is 4.79 Å². The molecule has 1 atom stereocenters. The minimum Gasteiger partial charge on any atom is -0.359 e. The Balaban J connectivity index is 2.00. The molecule has 2 N–H and O–H groups in total. The lowest BCUT2D eigenvalue weighted by atomic mass is 10.2. The van der Waals surface area contributed by atoms with Crippen LogP contribution >= 0.6 is 0 Å². The standard InChI is InChI=1S/C9H18N2O/c1-7(11-8-4-5-8)3-6-9(12)10-2/h7-8,11H,3-6H2,1-2H3,(H,10,12). The van der Waals surface area contributed by atoms with Crippen LogP contribution in [0.2, 0.25) is 0 Å². The van der Waals surface area contributed by atoms with Crippen LogP contribution in [0.25, 0.3) is 0 Å². The van der Waals surface area contributed by atoms with E-state index >= 15 is 0 Å². The van der Waals surface area contributed by atoms with Crippen molar-refractivity contribution in [2.24, 2.45) is 0 Å². The third-order valence-corrected chi connectivity index (χ3v) is 2.18. The van der Waals surface area contributed by atoms with Gasteiger partial charge in [0.2, 0.25) is 5.91 Å². The van der Waals surface area contributed by atoms with Crippen LogP contribution in [0.15, 0.2) is 0 Å². The first kappa shape index (κ1) is 9.52. The number of rotatable bonds is 5.